The van der Waals surface area contributed by atoms with E-state index < -0.39 is 0 Å². The molecule has 6 nitrogen and oxygen atoms in total. The standard InChI is InChI=1S/C23H21N5OS/c29-23(27-14-12-26(13-15-27)22-10-4-5-11-24-22)20-17-19(21-9-6-16-30-21)25-28(20)18-7-2-1-3-8-18/h1-11,16-17H,12-15H2. The Morgan fingerprint density at radius 3 is 2.40 bits per heavy atom. The van der Waals surface area contributed by atoms with E-state index in [1.807, 2.05) is 77.0 Å². The summed E-state index contributed by atoms with van der Waals surface area (Å²) in [6.45, 7) is 2.84. The van der Waals surface area contributed by atoms with Gasteiger partial charge in [0.05, 0.1) is 10.6 Å². The molecule has 1 aliphatic heterocycles. The first-order valence-corrected chi connectivity index (χ1v) is 10.8. The first kappa shape index (κ1) is 18.6. The highest BCUT2D eigenvalue weighted by Crippen LogP contribution is 2.26. The van der Waals surface area contributed by atoms with E-state index >= 15 is 0 Å². The minimum absolute atomic E-state index is 0.00910. The minimum atomic E-state index is 0.00910. The van der Waals surface area contributed by atoms with Crippen LogP contribution >= 0.6 is 11.3 Å². The quantitative estimate of drug-likeness (QED) is 0.506. The van der Waals surface area contributed by atoms with Crippen molar-refractivity contribution in [2.75, 3.05) is 31.1 Å². The zero-order valence-corrected chi connectivity index (χ0v) is 17.2. The largest absolute Gasteiger partial charge is 0.353 e. The predicted molar refractivity (Wildman–Crippen MR) is 119 cm³/mol. The van der Waals surface area contributed by atoms with Crippen molar-refractivity contribution >= 4 is 23.1 Å². The molecule has 5 rings (SSSR count). The van der Waals surface area contributed by atoms with E-state index in [0.717, 1.165) is 35.2 Å². The number of para-hydroxylation sites is 1. The molecule has 4 heterocycles. The van der Waals surface area contributed by atoms with E-state index in [-0.39, 0.29) is 5.91 Å². The van der Waals surface area contributed by atoms with Gasteiger partial charge in [-0.15, -0.1) is 11.3 Å². The SMILES string of the molecule is O=C(c1cc(-c2cccs2)nn1-c1ccccc1)N1CCN(c2ccccn2)CC1. The molecule has 0 radical (unpaired) electrons. The summed E-state index contributed by atoms with van der Waals surface area (Å²) in [4.78, 5) is 23.1. The number of benzene rings is 1. The first-order chi connectivity index (χ1) is 14.8. The molecule has 0 bridgehead atoms. The summed E-state index contributed by atoms with van der Waals surface area (Å²) in [7, 11) is 0. The lowest BCUT2D eigenvalue weighted by atomic mass is 10.2. The summed E-state index contributed by atoms with van der Waals surface area (Å²) >= 11 is 1.62. The molecule has 0 unspecified atom stereocenters. The average molecular weight is 416 g/mol. The highest BCUT2D eigenvalue weighted by molar-refractivity contribution is 7.13. The van der Waals surface area contributed by atoms with Crippen LogP contribution in [0.15, 0.2) is 78.3 Å². The van der Waals surface area contributed by atoms with Crippen molar-refractivity contribution in [3.63, 3.8) is 0 Å². The normalized spacial score (nSPS) is 14.1. The van der Waals surface area contributed by atoms with Gasteiger partial charge in [0.25, 0.3) is 5.91 Å². The van der Waals surface area contributed by atoms with Crippen LogP contribution in [0.2, 0.25) is 0 Å². The molecule has 1 fully saturated rings. The average Bonchev–Trinajstić information content (AvgIpc) is 3.50. The number of piperazine rings is 1. The Labute approximate surface area is 179 Å². The van der Waals surface area contributed by atoms with Crippen molar-refractivity contribution in [3.05, 3.63) is 84.0 Å². The van der Waals surface area contributed by atoms with Crippen molar-refractivity contribution in [1.29, 1.82) is 0 Å². The molecule has 3 aromatic heterocycles. The van der Waals surface area contributed by atoms with E-state index in [0.29, 0.717) is 18.8 Å². The molecule has 30 heavy (non-hydrogen) atoms. The Morgan fingerprint density at radius 1 is 0.900 bits per heavy atom. The number of thiophene rings is 1. The second-order valence-corrected chi connectivity index (χ2v) is 8.05. The number of carbonyl (C=O) groups excluding carboxylic acids is 1. The molecule has 0 aliphatic carbocycles. The van der Waals surface area contributed by atoms with E-state index in [4.69, 9.17) is 5.10 Å². The number of aromatic nitrogens is 3. The van der Waals surface area contributed by atoms with E-state index in [1.54, 1.807) is 22.2 Å². The summed E-state index contributed by atoms with van der Waals surface area (Å²) in [5, 5.41) is 6.78. The van der Waals surface area contributed by atoms with Gasteiger partial charge in [-0.25, -0.2) is 9.67 Å². The Balaban J connectivity index is 1.41. The molecule has 0 spiro atoms. The fourth-order valence-corrected chi connectivity index (χ4v) is 4.37. The van der Waals surface area contributed by atoms with Crippen molar-refractivity contribution in [3.8, 4) is 16.3 Å². The van der Waals surface area contributed by atoms with Gasteiger partial charge in [0.1, 0.15) is 17.2 Å². The van der Waals surface area contributed by atoms with Crippen molar-refractivity contribution in [2.24, 2.45) is 0 Å². The number of carbonyl (C=O) groups is 1. The number of rotatable bonds is 4. The summed E-state index contributed by atoms with van der Waals surface area (Å²) in [6.07, 6.45) is 1.80. The molecule has 1 amide bonds. The molecule has 0 atom stereocenters. The van der Waals surface area contributed by atoms with Crippen molar-refractivity contribution in [1.82, 2.24) is 19.7 Å². The second-order valence-electron chi connectivity index (χ2n) is 7.11. The number of anilines is 1. The van der Waals surface area contributed by atoms with Gasteiger partial charge < -0.3 is 9.80 Å². The van der Waals surface area contributed by atoms with Gasteiger partial charge >= 0.3 is 0 Å². The lowest BCUT2D eigenvalue weighted by Crippen LogP contribution is -2.49. The third-order valence-corrected chi connectivity index (χ3v) is 6.14. The Morgan fingerprint density at radius 2 is 1.70 bits per heavy atom. The van der Waals surface area contributed by atoms with Crippen LogP contribution in [0.1, 0.15) is 10.5 Å². The molecule has 4 aromatic rings. The van der Waals surface area contributed by atoms with Crippen LogP contribution in [0, 0.1) is 0 Å². The topological polar surface area (TPSA) is 54.3 Å². The van der Waals surface area contributed by atoms with E-state index in [2.05, 4.69) is 9.88 Å². The Hall–Kier alpha value is -3.45. The fraction of sp³-hybridized carbons (Fsp3) is 0.174. The van der Waals surface area contributed by atoms with Crippen LogP contribution in [-0.2, 0) is 0 Å². The maximum absolute atomic E-state index is 13.5. The van der Waals surface area contributed by atoms with Crippen LogP contribution < -0.4 is 4.90 Å². The molecule has 0 saturated carbocycles. The molecular weight excluding hydrogens is 394 g/mol. The molecule has 1 aliphatic rings. The molecule has 0 N–H and O–H groups in total. The van der Waals surface area contributed by atoms with Gasteiger partial charge in [-0.05, 0) is 41.8 Å². The number of amides is 1. The first-order valence-electron chi connectivity index (χ1n) is 9.94. The van der Waals surface area contributed by atoms with Crippen LogP contribution in [0.25, 0.3) is 16.3 Å². The highest BCUT2D eigenvalue weighted by Gasteiger charge is 2.26. The zero-order chi connectivity index (χ0) is 20.3. The Bertz CT molecular complexity index is 1120. The van der Waals surface area contributed by atoms with Gasteiger partial charge in [-0.1, -0.05) is 30.3 Å². The van der Waals surface area contributed by atoms with Gasteiger partial charge in [0, 0.05) is 32.4 Å². The van der Waals surface area contributed by atoms with Gasteiger partial charge in [0.15, 0.2) is 0 Å². The van der Waals surface area contributed by atoms with Crippen LogP contribution in [-0.4, -0.2) is 51.8 Å². The number of hydrogen-bond acceptors (Lipinski definition) is 5. The monoisotopic (exact) mass is 415 g/mol. The van der Waals surface area contributed by atoms with Gasteiger partial charge in [0.2, 0.25) is 0 Å². The number of hydrogen-bond donors (Lipinski definition) is 0. The lowest BCUT2D eigenvalue weighted by molar-refractivity contribution is 0.0737. The molecule has 1 saturated heterocycles. The maximum atomic E-state index is 13.5. The van der Waals surface area contributed by atoms with Crippen LogP contribution in [0.5, 0.6) is 0 Å². The summed E-state index contributed by atoms with van der Waals surface area (Å²) in [5.41, 5.74) is 2.30. The van der Waals surface area contributed by atoms with E-state index in [1.165, 1.54) is 0 Å². The lowest BCUT2D eigenvalue weighted by Gasteiger charge is -2.35. The Kier molecular flexibility index (Phi) is 5.03. The third-order valence-electron chi connectivity index (χ3n) is 5.24. The van der Waals surface area contributed by atoms with E-state index in [9.17, 15) is 4.79 Å². The fourth-order valence-electron chi connectivity index (χ4n) is 3.69. The van der Waals surface area contributed by atoms with Crippen LogP contribution in [0.3, 0.4) is 0 Å². The van der Waals surface area contributed by atoms with Crippen molar-refractivity contribution in [2.45, 2.75) is 0 Å². The summed E-state index contributed by atoms with van der Waals surface area (Å²) in [6, 6.07) is 21.7. The van der Waals surface area contributed by atoms with Gasteiger partial charge in [-0.3, -0.25) is 4.79 Å². The minimum Gasteiger partial charge on any atom is -0.353 e. The van der Waals surface area contributed by atoms with Crippen molar-refractivity contribution < 1.29 is 4.79 Å². The highest BCUT2D eigenvalue weighted by atomic mass is 32.1. The second kappa shape index (κ2) is 8.12. The molecular formula is C23H21N5OS. The third kappa shape index (κ3) is 3.59. The summed E-state index contributed by atoms with van der Waals surface area (Å²) in [5.74, 6) is 0.966. The summed E-state index contributed by atoms with van der Waals surface area (Å²) < 4.78 is 1.77. The van der Waals surface area contributed by atoms with Crippen LogP contribution in [0.4, 0.5) is 5.82 Å². The maximum Gasteiger partial charge on any atom is 0.272 e. The smallest absolute Gasteiger partial charge is 0.272 e. The number of nitrogens with zero attached hydrogens (tertiary/aromatic N) is 5. The number of pyridine rings is 1. The molecule has 150 valence electrons. The molecule has 7 heteroatoms. The zero-order valence-electron chi connectivity index (χ0n) is 16.4. The predicted octanol–water partition coefficient (Wildman–Crippen LogP) is 3.96. The van der Waals surface area contributed by atoms with Gasteiger partial charge in [-0.2, -0.15) is 5.10 Å². The molecule has 1 aromatic carbocycles.